The Morgan fingerprint density at radius 3 is 2.41 bits per heavy atom. The number of halogens is 1. The molecule has 3 aliphatic rings. The van der Waals surface area contributed by atoms with Crippen molar-refractivity contribution in [2.45, 2.75) is 63.5 Å². The van der Waals surface area contributed by atoms with Gasteiger partial charge in [0.1, 0.15) is 12.4 Å². The van der Waals surface area contributed by atoms with Gasteiger partial charge in [0.05, 0.1) is 0 Å². The number of aromatic nitrogens is 2. The lowest BCUT2D eigenvalue weighted by Crippen LogP contribution is -2.45. The zero-order chi connectivity index (χ0) is 25.4. The zero-order valence-electron chi connectivity index (χ0n) is 21.0. The van der Waals surface area contributed by atoms with Crippen LogP contribution in [0.5, 0.6) is 5.75 Å². The van der Waals surface area contributed by atoms with E-state index in [-0.39, 0.29) is 23.7 Å². The molecule has 2 heterocycles. The highest BCUT2D eigenvalue weighted by atomic mass is 35.5. The fourth-order valence-corrected chi connectivity index (χ4v) is 6.14. The molecule has 0 N–H and O–H groups in total. The average molecular weight is 518 g/mol. The minimum absolute atomic E-state index is 0.0741. The lowest BCUT2D eigenvalue weighted by molar-refractivity contribution is 0.0680. The average Bonchev–Trinajstić information content (AvgIpc) is 3.61. The molecule has 6 rings (SSSR count). The van der Waals surface area contributed by atoms with E-state index in [2.05, 4.69) is 17.1 Å². The maximum Gasteiger partial charge on any atom is 0.316 e. The van der Waals surface area contributed by atoms with Gasteiger partial charge >= 0.3 is 5.56 Å². The van der Waals surface area contributed by atoms with Crippen LogP contribution in [0.3, 0.4) is 0 Å². The van der Waals surface area contributed by atoms with Gasteiger partial charge in [-0.1, -0.05) is 66.9 Å². The number of fused-ring (bicyclic) bond motifs is 1. The predicted molar refractivity (Wildman–Crippen MR) is 143 cm³/mol. The van der Waals surface area contributed by atoms with Gasteiger partial charge < -0.3 is 14.2 Å². The van der Waals surface area contributed by atoms with Crippen molar-refractivity contribution >= 4 is 17.5 Å². The van der Waals surface area contributed by atoms with Gasteiger partial charge in [0.25, 0.3) is 5.91 Å². The van der Waals surface area contributed by atoms with Crippen molar-refractivity contribution < 1.29 is 9.53 Å². The normalized spacial score (nSPS) is 18.6. The van der Waals surface area contributed by atoms with Crippen LogP contribution in [-0.4, -0.2) is 33.4 Å². The van der Waals surface area contributed by atoms with Gasteiger partial charge in [-0.25, -0.2) is 0 Å². The summed E-state index contributed by atoms with van der Waals surface area (Å²) in [6.45, 7) is 2.22. The molecule has 7 heteroatoms. The SMILES string of the molecule is O=C1c2c(OCc3ccccc3)c(=O)nc(CC3(c4ccc(Cl)cc4)CCCC3)n2CCN1CC1CC1. The molecule has 0 saturated heterocycles. The van der Waals surface area contributed by atoms with Gasteiger partial charge in [-0.2, -0.15) is 4.98 Å². The number of rotatable bonds is 8. The van der Waals surface area contributed by atoms with Crippen LogP contribution in [0.15, 0.2) is 59.4 Å². The van der Waals surface area contributed by atoms with Crippen LogP contribution in [0.1, 0.15) is 66.0 Å². The second-order valence-corrected chi connectivity index (χ2v) is 11.2. The second-order valence-electron chi connectivity index (χ2n) is 10.8. The molecule has 1 aliphatic heterocycles. The Morgan fingerprint density at radius 2 is 1.70 bits per heavy atom. The summed E-state index contributed by atoms with van der Waals surface area (Å²) < 4.78 is 8.03. The first-order chi connectivity index (χ1) is 18.0. The van der Waals surface area contributed by atoms with E-state index in [1.54, 1.807) is 0 Å². The summed E-state index contributed by atoms with van der Waals surface area (Å²) in [7, 11) is 0. The van der Waals surface area contributed by atoms with Crippen LogP contribution in [-0.2, 0) is 25.0 Å². The molecule has 2 aromatic carbocycles. The smallest absolute Gasteiger partial charge is 0.316 e. The molecule has 192 valence electrons. The number of ether oxygens (including phenoxy) is 1. The van der Waals surface area contributed by atoms with E-state index in [4.69, 9.17) is 16.3 Å². The first-order valence-corrected chi connectivity index (χ1v) is 13.8. The second kappa shape index (κ2) is 9.97. The van der Waals surface area contributed by atoms with Crippen molar-refractivity contribution in [1.82, 2.24) is 14.5 Å². The maximum atomic E-state index is 13.8. The lowest BCUT2D eigenvalue weighted by atomic mass is 9.76. The summed E-state index contributed by atoms with van der Waals surface area (Å²) in [4.78, 5) is 33.7. The number of amides is 1. The Balaban J connectivity index is 1.39. The van der Waals surface area contributed by atoms with Gasteiger partial charge in [-0.3, -0.25) is 9.59 Å². The van der Waals surface area contributed by atoms with Gasteiger partial charge in [-0.05, 0) is 54.9 Å². The molecule has 0 radical (unpaired) electrons. The molecular weight excluding hydrogens is 486 g/mol. The monoisotopic (exact) mass is 517 g/mol. The number of nitrogens with zero attached hydrogens (tertiary/aromatic N) is 3. The van der Waals surface area contributed by atoms with E-state index in [9.17, 15) is 9.59 Å². The van der Waals surface area contributed by atoms with E-state index in [1.807, 2.05) is 51.9 Å². The summed E-state index contributed by atoms with van der Waals surface area (Å²) in [6.07, 6.45) is 7.25. The summed E-state index contributed by atoms with van der Waals surface area (Å²) in [5, 5.41) is 0.713. The molecule has 3 aromatic rings. The van der Waals surface area contributed by atoms with Crippen molar-refractivity contribution in [2.24, 2.45) is 5.92 Å². The third-order valence-corrected chi connectivity index (χ3v) is 8.47. The molecule has 1 aromatic heterocycles. The van der Waals surface area contributed by atoms with Crippen LogP contribution in [0.4, 0.5) is 0 Å². The molecule has 37 heavy (non-hydrogen) atoms. The predicted octanol–water partition coefficient (Wildman–Crippen LogP) is 5.40. The van der Waals surface area contributed by atoms with Gasteiger partial charge in [0.15, 0.2) is 5.69 Å². The Morgan fingerprint density at radius 1 is 0.973 bits per heavy atom. The van der Waals surface area contributed by atoms with E-state index >= 15 is 0 Å². The molecule has 6 nitrogen and oxygen atoms in total. The molecular formula is C30H32ClN3O3. The maximum absolute atomic E-state index is 13.8. The topological polar surface area (TPSA) is 64.4 Å². The highest BCUT2D eigenvalue weighted by Crippen LogP contribution is 2.44. The van der Waals surface area contributed by atoms with Crippen LogP contribution >= 0.6 is 11.6 Å². The van der Waals surface area contributed by atoms with E-state index in [0.29, 0.717) is 42.0 Å². The van der Waals surface area contributed by atoms with Gasteiger partial charge in [-0.15, -0.1) is 0 Å². The number of carbonyl (C=O) groups excluding carboxylic acids is 1. The first-order valence-electron chi connectivity index (χ1n) is 13.4. The van der Waals surface area contributed by atoms with Gasteiger partial charge in [0.2, 0.25) is 5.75 Å². The standard InChI is InChI=1S/C30H32ClN3O3/c31-24-12-10-23(11-13-24)30(14-4-5-15-30)18-25-32-28(35)27(37-20-22-6-2-1-3-7-22)26-29(36)33(16-17-34(25)26)19-21-8-9-21/h1-3,6-7,10-13,21H,4-5,8-9,14-20H2. The van der Waals surface area contributed by atoms with Crippen LogP contribution in [0, 0.1) is 5.92 Å². The summed E-state index contributed by atoms with van der Waals surface area (Å²) in [5.41, 5.74) is 1.95. The third kappa shape index (κ3) is 4.91. The van der Waals surface area contributed by atoms with Gasteiger partial charge in [0, 0.05) is 36.5 Å². The number of benzene rings is 2. The Labute approximate surface area is 222 Å². The van der Waals surface area contributed by atoms with E-state index in [1.165, 1.54) is 18.4 Å². The summed E-state index contributed by atoms with van der Waals surface area (Å²) in [5.74, 6) is 1.21. The molecule has 0 bridgehead atoms. The summed E-state index contributed by atoms with van der Waals surface area (Å²) in [6, 6.07) is 17.8. The first kappa shape index (κ1) is 24.2. The lowest BCUT2D eigenvalue weighted by Gasteiger charge is -2.35. The van der Waals surface area contributed by atoms with E-state index in [0.717, 1.165) is 37.8 Å². The fraction of sp³-hybridized carbons (Fsp3) is 0.433. The number of hydrogen-bond acceptors (Lipinski definition) is 4. The van der Waals surface area contributed by atoms with Crippen molar-refractivity contribution in [3.8, 4) is 5.75 Å². The Bertz CT molecular complexity index is 1340. The fourth-order valence-electron chi connectivity index (χ4n) is 6.01. The molecule has 2 saturated carbocycles. The Kier molecular flexibility index (Phi) is 6.53. The molecule has 2 aliphatic carbocycles. The molecule has 0 unspecified atom stereocenters. The minimum Gasteiger partial charge on any atom is -0.481 e. The highest BCUT2D eigenvalue weighted by molar-refractivity contribution is 6.30. The zero-order valence-corrected chi connectivity index (χ0v) is 21.8. The van der Waals surface area contributed by atoms with Crippen LogP contribution in [0.2, 0.25) is 5.02 Å². The number of carbonyl (C=O) groups is 1. The molecule has 2 fully saturated rings. The van der Waals surface area contributed by atoms with Crippen molar-refractivity contribution in [1.29, 1.82) is 0 Å². The minimum atomic E-state index is -0.456. The summed E-state index contributed by atoms with van der Waals surface area (Å²) >= 11 is 6.19. The Hall–Kier alpha value is -3.12. The van der Waals surface area contributed by atoms with E-state index < -0.39 is 5.56 Å². The van der Waals surface area contributed by atoms with Crippen LogP contribution < -0.4 is 10.3 Å². The number of hydrogen-bond donors (Lipinski definition) is 0. The molecule has 0 spiro atoms. The quantitative estimate of drug-likeness (QED) is 0.401. The molecule has 0 atom stereocenters. The largest absolute Gasteiger partial charge is 0.481 e. The van der Waals surface area contributed by atoms with Crippen molar-refractivity contribution in [2.75, 3.05) is 13.1 Å². The van der Waals surface area contributed by atoms with Crippen molar-refractivity contribution in [3.63, 3.8) is 0 Å². The highest BCUT2D eigenvalue weighted by Gasteiger charge is 2.40. The van der Waals surface area contributed by atoms with Crippen molar-refractivity contribution in [3.05, 3.63) is 92.6 Å². The van der Waals surface area contributed by atoms with Crippen LogP contribution in [0.25, 0.3) is 0 Å². The third-order valence-electron chi connectivity index (χ3n) is 8.22. The molecule has 1 amide bonds.